The van der Waals surface area contributed by atoms with E-state index in [2.05, 4.69) is 43.4 Å². The third-order valence-electron chi connectivity index (χ3n) is 3.05. The quantitative estimate of drug-likeness (QED) is 0.693. The predicted octanol–water partition coefficient (Wildman–Crippen LogP) is 1.89. The number of nitrogens with one attached hydrogen (secondary N) is 1. The van der Waals surface area contributed by atoms with E-state index in [9.17, 15) is 0 Å². The van der Waals surface area contributed by atoms with Gasteiger partial charge in [0.2, 0.25) is 0 Å². The Morgan fingerprint density at radius 1 is 1.00 bits per heavy atom. The van der Waals surface area contributed by atoms with Crippen LogP contribution in [0.1, 0.15) is 37.9 Å². The molecule has 1 atom stereocenters. The van der Waals surface area contributed by atoms with Crippen LogP contribution in [0.4, 0.5) is 0 Å². The second-order valence-corrected chi connectivity index (χ2v) is 5.29. The lowest BCUT2D eigenvalue weighted by Gasteiger charge is -2.20. The molecule has 0 fully saturated rings. The van der Waals surface area contributed by atoms with Crippen molar-refractivity contribution < 1.29 is 10.2 Å². The molecule has 0 saturated heterocycles. The third kappa shape index (κ3) is 4.77. The van der Waals surface area contributed by atoms with Crippen LogP contribution in [0.2, 0.25) is 0 Å². The first-order chi connectivity index (χ1) is 8.56. The molecule has 0 aliphatic heterocycles. The fourth-order valence-corrected chi connectivity index (χ4v) is 2.03. The van der Waals surface area contributed by atoms with Crippen molar-refractivity contribution in [3.63, 3.8) is 0 Å². The molecule has 0 aromatic heterocycles. The van der Waals surface area contributed by atoms with E-state index >= 15 is 0 Å². The second kappa shape index (κ2) is 7.52. The highest BCUT2D eigenvalue weighted by molar-refractivity contribution is 5.25. The molecular weight excluding hydrogens is 226 g/mol. The van der Waals surface area contributed by atoms with Gasteiger partial charge in [-0.15, -0.1) is 0 Å². The van der Waals surface area contributed by atoms with Crippen molar-refractivity contribution in [2.75, 3.05) is 13.2 Å². The van der Waals surface area contributed by atoms with Crippen LogP contribution in [0.25, 0.3) is 0 Å². The zero-order valence-corrected chi connectivity index (χ0v) is 11.6. The first-order valence-corrected chi connectivity index (χ1v) is 6.63. The summed E-state index contributed by atoms with van der Waals surface area (Å²) >= 11 is 0. The number of aliphatic hydroxyl groups is 2. The number of benzene rings is 1. The molecule has 0 saturated carbocycles. The summed E-state index contributed by atoms with van der Waals surface area (Å²) in [6, 6.07) is 8.40. The molecule has 1 rings (SSSR count). The molecule has 1 aromatic rings. The van der Waals surface area contributed by atoms with Crippen LogP contribution < -0.4 is 5.32 Å². The molecule has 18 heavy (non-hydrogen) atoms. The normalized spacial score (nSPS) is 13.3. The molecule has 3 heteroatoms. The SMILES string of the molecule is CC(C)Cc1ccc(C(C)NC(CO)CO)cc1. The van der Waals surface area contributed by atoms with E-state index in [-0.39, 0.29) is 25.3 Å². The minimum Gasteiger partial charge on any atom is -0.395 e. The number of hydrogen-bond acceptors (Lipinski definition) is 3. The molecule has 0 amide bonds. The molecule has 102 valence electrons. The second-order valence-electron chi connectivity index (χ2n) is 5.29. The Balaban J connectivity index is 2.61. The minimum atomic E-state index is -0.254. The van der Waals surface area contributed by atoms with Gasteiger partial charge in [0.1, 0.15) is 0 Å². The van der Waals surface area contributed by atoms with Gasteiger partial charge in [0.05, 0.1) is 19.3 Å². The zero-order valence-electron chi connectivity index (χ0n) is 11.6. The summed E-state index contributed by atoms with van der Waals surface area (Å²) in [6.07, 6.45) is 1.10. The van der Waals surface area contributed by atoms with Gasteiger partial charge >= 0.3 is 0 Å². The van der Waals surface area contributed by atoms with Gasteiger partial charge in [-0.25, -0.2) is 0 Å². The first kappa shape index (κ1) is 15.2. The smallest absolute Gasteiger partial charge is 0.0607 e. The molecule has 0 aliphatic carbocycles. The molecule has 0 spiro atoms. The Hall–Kier alpha value is -0.900. The van der Waals surface area contributed by atoms with E-state index in [0.29, 0.717) is 5.92 Å². The van der Waals surface area contributed by atoms with E-state index in [1.54, 1.807) is 0 Å². The van der Waals surface area contributed by atoms with Gasteiger partial charge in [-0.3, -0.25) is 0 Å². The van der Waals surface area contributed by atoms with Crippen LogP contribution in [-0.2, 0) is 6.42 Å². The lowest BCUT2D eigenvalue weighted by molar-refractivity contribution is 0.163. The predicted molar refractivity (Wildman–Crippen MR) is 74.5 cm³/mol. The van der Waals surface area contributed by atoms with Gasteiger partial charge in [0, 0.05) is 6.04 Å². The Bertz CT molecular complexity index is 331. The van der Waals surface area contributed by atoms with Crippen LogP contribution in [0.5, 0.6) is 0 Å². The highest BCUT2D eigenvalue weighted by Gasteiger charge is 2.11. The largest absolute Gasteiger partial charge is 0.395 e. The molecule has 0 radical (unpaired) electrons. The van der Waals surface area contributed by atoms with Crippen LogP contribution in [0, 0.1) is 5.92 Å². The molecular formula is C15H25NO2. The maximum absolute atomic E-state index is 9.04. The van der Waals surface area contributed by atoms with E-state index in [1.165, 1.54) is 11.1 Å². The van der Waals surface area contributed by atoms with Crippen molar-refractivity contribution >= 4 is 0 Å². The van der Waals surface area contributed by atoms with Gasteiger partial charge in [0.15, 0.2) is 0 Å². The maximum atomic E-state index is 9.04. The fraction of sp³-hybridized carbons (Fsp3) is 0.600. The summed E-state index contributed by atoms with van der Waals surface area (Å²) < 4.78 is 0. The van der Waals surface area contributed by atoms with Crippen molar-refractivity contribution in [2.45, 2.75) is 39.3 Å². The lowest BCUT2D eigenvalue weighted by Crippen LogP contribution is -2.37. The van der Waals surface area contributed by atoms with E-state index in [4.69, 9.17) is 10.2 Å². The Labute approximate surface area is 110 Å². The standard InChI is InChI=1S/C15H25NO2/c1-11(2)8-13-4-6-14(7-5-13)12(3)16-15(9-17)10-18/h4-7,11-12,15-18H,8-10H2,1-3H3. The highest BCUT2D eigenvalue weighted by atomic mass is 16.3. The Morgan fingerprint density at radius 2 is 1.56 bits per heavy atom. The molecule has 1 unspecified atom stereocenters. The minimum absolute atomic E-state index is 0.0493. The average Bonchev–Trinajstić information content (AvgIpc) is 2.35. The molecule has 0 bridgehead atoms. The molecule has 3 N–H and O–H groups in total. The lowest BCUT2D eigenvalue weighted by atomic mass is 9.99. The van der Waals surface area contributed by atoms with E-state index in [1.807, 2.05) is 6.92 Å². The van der Waals surface area contributed by atoms with Gasteiger partial charge in [-0.2, -0.15) is 0 Å². The van der Waals surface area contributed by atoms with Crippen LogP contribution in [0.3, 0.4) is 0 Å². The van der Waals surface area contributed by atoms with E-state index < -0.39 is 0 Å². The van der Waals surface area contributed by atoms with Crippen LogP contribution >= 0.6 is 0 Å². The van der Waals surface area contributed by atoms with Gasteiger partial charge in [0.25, 0.3) is 0 Å². The summed E-state index contributed by atoms with van der Waals surface area (Å²) in [6.45, 7) is 6.37. The summed E-state index contributed by atoms with van der Waals surface area (Å²) in [7, 11) is 0. The number of aliphatic hydroxyl groups excluding tert-OH is 2. The van der Waals surface area contributed by atoms with Crippen molar-refractivity contribution in [2.24, 2.45) is 5.92 Å². The number of hydrogen-bond donors (Lipinski definition) is 3. The summed E-state index contributed by atoms with van der Waals surface area (Å²) in [5, 5.41) is 21.3. The topological polar surface area (TPSA) is 52.5 Å². The van der Waals surface area contributed by atoms with Gasteiger partial charge in [-0.05, 0) is 30.4 Å². The van der Waals surface area contributed by atoms with Gasteiger partial charge in [-0.1, -0.05) is 38.1 Å². The molecule has 0 aliphatic rings. The Kier molecular flexibility index (Phi) is 6.33. The molecule has 3 nitrogen and oxygen atoms in total. The molecule has 0 heterocycles. The van der Waals surface area contributed by atoms with Gasteiger partial charge < -0.3 is 15.5 Å². The molecule has 1 aromatic carbocycles. The average molecular weight is 251 g/mol. The van der Waals surface area contributed by atoms with Crippen molar-refractivity contribution in [3.8, 4) is 0 Å². The Morgan fingerprint density at radius 3 is 2.00 bits per heavy atom. The monoisotopic (exact) mass is 251 g/mol. The number of rotatable bonds is 7. The zero-order chi connectivity index (χ0) is 13.5. The van der Waals surface area contributed by atoms with Crippen molar-refractivity contribution in [3.05, 3.63) is 35.4 Å². The maximum Gasteiger partial charge on any atom is 0.0607 e. The fourth-order valence-electron chi connectivity index (χ4n) is 2.03. The summed E-state index contributed by atoms with van der Waals surface area (Å²) in [5.41, 5.74) is 2.52. The first-order valence-electron chi connectivity index (χ1n) is 6.63. The summed E-state index contributed by atoms with van der Waals surface area (Å²) in [4.78, 5) is 0. The van der Waals surface area contributed by atoms with Crippen LogP contribution in [-0.4, -0.2) is 29.5 Å². The van der Waals surface area contributed by atoms with Crippen LogP contribution in [0.15, 0.2) is 24.3 Å². The third-order valence-corrected chi connectivity index (χ3v) is 3.05. The highest BCUT2D eigenvalue weighted by Crippen LogP contribution is 2.16. The summed E-state index contributed by atoms with van der Waals surface area (Å²) in [5.74, 6) is 0.666. The van der Waals surface area contributed by atoms with Crippen molar-refractivity contribution in [1.29, 1.82) is 0 Å². The van der Waals surface area contributed by atoms with E-state index in [0.717, 1.165) is 6.42 Å². The van der Waals surface area contributed by atoms with Crippen molar-refractivity contribution in [1.82, 2.24) is 5.32 Å².